The van der Waals surface area contributed by atoms with E-state index in [1.54, 1.807) is 7.05 Å². The van der Waals surface area contributed by atoms with Crippen molar-refractivity contribution >= 4 is 11.6 Å². The molecular weight excluding hydrogens is 220 g/mol. The highest BCUT2D eigenvalue weighted by molar-refractivity contribution is 6.03. The minimum Gasteiger partial charge on any atom is -0.490 e. The lowest BCUT2D eigenvalue weighted by Gasteiger charge is -2.11. The van der Waals surface area contributed by atoms with Crippen LogP contribution in [0.3, 0.4) is 0 Å². The van der Waals surface area contributed by atoms with E-state index >= 15 is 0 Å². The van der Waals surface area contributed by atoms with Crippen molar-refractivity contribution in [2.75, 3.05) is 25.6 Å². The monoisotopic (exact) mass is 234 g/mol. The first-order valence-corrected chi connectivity index (χ1v) is 5.71. The van der Waals surface area contributed by atoms with Crippen LogP contribution in [0.5, 0.6) is 11.5 Å². The molecule has 0 saturated heterocycles. The fourth-order valence-corrected chi connectivity index (χ4v) is 2.20. The Kier molecular flexibility index (Phi) is 2.40. The molecule has 2 aliphatic heterocycles. The average molecular weight is 234 g/mol. The minimum absolute atomic E-state index is 0.0392. The van der Waals surface area contributed by atoms with Gasteiger partial charge in [-0.05, 0) is 13.1 Å². The lowest BCUT2D eigenvalue weighted by atomic mass is 10.1. The molecule has 1 atom stereocenters. The first-order chi connectivity index (χ1) is 8.29. The van der Waals surface area contributed by atoms with Crippen LogP contribution >= 0.6 is 0 Å². The number of ether oxygens (including phenoxy) is 2. The van der Waals surface area contributed by atoms with E-state index in [0.717, 1.165) is 23.4 Å². The molecule has 0 radical (unpaired) electrons. The van der Waals surface area contributed by atoms with Crippen LogP contribution < -0.4 is 20.1 Å². The summed E-state index contributed by atoms with van der Waals surface area (Å²) < 4.78 is 11.2. The molecular formula is C12H14N2O3. The number of likely N-dealkylation sites (N-methyl/N-ethyl adjacent to an activating group) is 1. The zero-order valence-electron chi connectivity index (χ0n) is 9.58. The summed E-state index contributed by atoms with van der Waals surface area (Å²) in [6.07, 6.45) is 0.876. The Hall–Kier alpha value is -1.75. The predicted octanol–water partition coefficient (Wildman–Crippen LogP) is 1.06. The first-order valence-electron chi connectivity index (χ1n) is 5.71. The summed E-state index contributed by atoms with van der Waals surface area (Å²) in [5, 5.41) is 5.82. The summed E-state index contributed by atoms with van der Waals surface area (Å²) in [5.41, 5.74) is 1.72. The van der Waals surface area contributed by atoms with Gasteiger partial charge in [0, 0.05) is 18.1 Å². The maximum Gasteiger partial charge on any atom is 0.246 e. The summed E-state index contributed by atoms with van der Waals surface area (Å²) in [7, 11) is 1.77. The third kappa shape index (κ3) is 1.63. The van der Waals surface area contributed by atoms with Crippen molar-refractivity contribution < 1.29 is 14.3 Å². The number of benzene rings is 1. The van der Waals surface area contributed by atoms with E-state index in [-0.39, 0.29) is 11.9 Å². The second kappa shape index (κ2) is 3.92. The molecule has 2 N–H and O–H groups in total. The van der Waals surface area contributed by atoms with Gasteiger partial charge in [-0.1, -0.05) is 0 Å². The fourth-order valence-electron chi connectivity index (χ4n) is 2.20. The van der Waals surface area contributed by atoms with E-state index in [0.29, 0.717) is 19.0 Å². The second-order valence-corrected chi connectivity index (χ2v) is 4.15. The molecule has 1 aromatic carbocycles. The Morgan fingerprint density at radius 2 is 2.00 bits per heavy atom. The number of hydrogen-bond donors (Lipinski definition) is 2. The van der Waals surface area contributed by atoms with Crippen LogP contribution in [0.4, 0.5) is 5.69 Å². The van der Waals surface area contributed by atoms with Crippen LogP contribution in [-0.4, -0.2) is 26.2 Å². The maximum absolute atomic E-state index is 11.7. The third-order valence-electron chi connectivity index (χ3n) is 3.04. The molecule has 90 valence electrons. The molecule has 0 spiro atoms. The number of amides is 1. The van der Waals surface area contributed by atoms with E-state index in [9.17, 15) is 4.79 Å². The molecule has 0 aliphatic carbocycles. The Morgan fingerprint density at radius 3 is 2.71 bits per heavy atom. The smallest absolute Gasteiger partial charge is 0.246 e. The molecule has 3 rings (SSSR count). The number of carbonyl (C=O) groups is 1. The van der Waals surface area contributed by atoms with Gasteiger partial charge in [0.2, 0.25) is 5.91 Å². The number of fused-ring (bicyclic) bond motifs is 2. The molecule has 2 heterocycles. The van der Waals surface area contributed by atoms with Crippen LogP contribution in [0.15, 0.2) is 12.1 Å². The van der Waals surface area contributed by atoms with Gasteiger partial charge in [0.25, 0.3) is 0 Å². The third-order valence-corrected chi connectivity index (χ3v) is 3.04. The molecule has 1 amide bonds. The van der Waals surface area contributed by atoms with Gasteiger partial charge < -0.3 is 20.1 Å². The van der Waals surface area contributed by atoms with Gasteiger partial charge in [-0.15, -0.1) is 0 Å². The molecule has 0 saturated carbocycles. The van der Waals surface area contributed by atoms with Crippen molar-refractivity contribution in [3.05, 3.63) is 17.7 Å². The summed E-state index contributed by atoms with van der Waals surface area (Å²) in [6.45, 7) is 1.30. The number of carbonyl (C=O) groups excluding carboxylic acids is 1. The largest absolute Gasteiger partial charge is 0.490 e. The van der Waals surface area contributed by atoms with Gasteiger partial charge in [-0.3, -0.25) is 4.79 Å². The van der Waals surface area contributed by atoms with Crippen LogP contribution in [0, 0.1) is 0 Å². The second-order valence-electron chi connectivity index (χ2n) is 4.15. The SMILES string of the molecule is CNC1C(=O)Nc2cc3c(cc21)OCCCO3. The van der Waals surface area contributed by atoms with Crippen molar-refractivity contribution in [3.63, 3.8) is 0 Å². The topological polar surface area (TPSA) is 59.6 Å². The summed E-state index contributed by atoms with van der Waals surface area (Å²) >= 11 is 0. The predicted molar refractivity (Wildman–Crippen MR) is 62.5 cm³/mol. The summed E-state index contributed by atoms with van der Waals surface area (Å²) in [5.74, 6) is 1.39. The highest BCUT2D eigenvalue weighted by atomic mass is 16.5. The van der Waals surface area contributed by atoms with Crippen molar-refractivity contribution in [2.24, 2.45) is 0 Å². The average Bonchev–Trinajstić information content (AvgIpc) is 2.49. The number of anilines is 1. The number of rotatable bonds is 1. The Balaban J connectivity index is 2.06. The molecule has 5 nitrogen and oxygen atoms in total. The van der Waals surface area contributed by atoms with Gasteiger partial charge in [-0.2, -0.15) is 0 Å². The van der Waals surface area contributed by atoms with Crippen molar-refractivity contribution in [2.45, 2.75) is 12.5 Å². The number of hydrogen-bond acceptors (Lipinski definition) is 4. The van der Waals surface area contributed by atoms with Gasteiger partial charge in [0.15, 0.2) is 11.5 Å². The molecule has 1 unspecified atom stereocenters. The van der Waals surface area contributed by atoms with Gasteiger partial charge in [-0.25, -0.2) is 0 Å². The zero-order chi connectivity index (χ0) is 11.8. The summed E-state index contributed by atoms with van der Waals surface area (Å²) in [4.78, 5) is 11.7. The molecule has 0 bridgehead atoms. The molecule has 0 aromatic heterocycles. The standard InChI is InChI=1S/C12H14N2O3/c1-13-11-7-5-9-10(17-4-2-3-16-9)6-8(7)14-12(11)15/h5-6,11,13H,2-4H2,1H3,(H,14,15). The van der Waals surface area contributed by atoms with E-state index in [2.05, 4.69) is 10.6 Å². The molecule has 1 aromatic rings. The van der Waals surface area contributed by atoms with E-state index in [1.807, 2.05) is 12.1 Å². The molecule has 2 aliphatic rings. The quantitative estimate of drug-likeness (QED) is 0.762. The van der Waals surface area contributed by atoms with Crippen molar-refractivity contribution in [3.8, 4) is 11.5 Å². The van der Waals surface area contributed by atoms with Crippen molar-refractivity contribution in [1.29, 1.82) is 0 Å². The van der Waals surface area contributed by atoms with Crippen LogP contribution in [0.2, 0.25) is 0 Å². The Morgan fingerprint density at radius 1 is 1.29 bits per heavy atom. The van der Waals surface area contributed by atoms with Gasteiger partial charge in [0.1, 0.15) is 6.04 Å². The van der Waals surface area contributed by atoms with Crippen molar-refractivity contribution in [1.82, 2.24) is 5.32 Å². The van der Waals surface area contributed by atoms with Crippen LogP contribution in [0.1, 0.15) is 18.0 Å². The highest BCUT2D eigenvalue weighted by Crippen LogP contribution is 2.40. The normalized spacial score (nSPS) is 21.7. The molecule has 17 heavy (non-hydrogen) atoms. The van der Waals surface area contributed by atoms with Crippen LogP contribution in [-0.2, 0) is 4.79 Å². The van der Waals surface area contributed by atoms with E-state index < -0.39 is 0 Å². The number of nitrogens with one attached hydrogen (secondary N) is 2. The highest BCUT2D eigenvalue weighted by Gasteiger charge is 2.31. The Labute approximate surface area is 99.1 Å². The summed E-state index contributed by atoms with van der Waals surface area (Å²) in [6, 6.07) is 3.42. The molecule has 5 heteroatoms. The lowest BCUT2D eigenvalue weighted by molar-refractivity contribution is -0.117. The maximum atomic E-state index is 11.7. The van der Waals surface area contributed by atoms with Gasteiger partial charge in [0.05, 0.1) is 18.9 Å². The lowest BCUT2D eigenvalue weighted by Crippen LogP contribution is -2.23. The first kappa shape index (κ1) is 10.4. The molecule has 0 fully saturated rings. The van der Waals surface area contributed by atoms with Crippen LogP contribution in [0.25, 0.3) is 0 Å². The van der Waals surface area contributed by atoms with E-state index in [4.69, 9.17) is 9.47 Å². The zero-order valence-corrected chi connectivity index (χ0v) is 9.58. The minimum atomic E-state index is -0.304. The Bertz CT molecular complexity index is 473. The van der Waals surface area contributed by atoms with Gasteiger partial charge >= 0.3 is 0 Å². The fraction of sp³-hybridized carbons (Fsp3) is 0.417. The van der Waals surface area contributed by atoms with E-state index in [1.165, 1.54) is 0 Å².